The Balaban J connectivity index is 1.19. The summed E-state index contributed by atoms with van der Waals surface area (Å²) in [6, 6.07) is 33.4. The van der Waals surface area contributed by atoms with Gasteiger partial charge in [0.25, 0.3) is 23.6 Å². The van der Waals surface area contributed by atoms with Gasteiger partial charge in [-0.3, -0.25) is 40.9 Å². The van der Waals surface area contributed by atoms with Crippen LogP contribution in [0.15, 0.2) is 121 Å². The minimum Gasteiger partial charge on any atom is -0.507 e. The molecule has 0 aliphatic carbocycles. The van der Waals surface area contributed by atoms with E-state index < -0.39 is 23.6 Å². The molecule has 0 radical (unpaired) electrons. The number of hydrazine groups is 2. The number of hydrogen-bond donors (Lipinski definition) is 6. The Morgan fingerprint density at radius 3 is 1.14 bits per heavy atom. The summed E-state index contributed by atoms with van der Waals surface area (Å²) in [6.45, 7) is 0. The maximum atomic E-state index is 12.5. The van der Waals surface area contributed by atoms with Gasteiger partial charge < -0.3 is 10.2 Å². The van der Waals surface area contributed by atoms with Crippen molar-refractivity contribution in [1.29, 1.82) is 0 Å². The van der Waals surface area contributed by atoms with Gasteiger partial charge in [0.05, 0.1) is 11.1 Å². The Kier molecular flexibility index (Phi) is 8.62. The number of para-hydroxylation sites is 2. The van der Waals surface area contributed by atoms with Crippen LogP contribution in [0.4, 0.5) is 0 Å². The van der Waals surface area contributed by atoms with Crippen molar-refractivity contribution < 1.29 is 29.4 Å². The van der Waals surface area contributed by atoms with E-state index in [1.54, 1.807) is 72.8 Å². The summed E-state index contributed by atoms with van der Waals surface area (Å²) < 4.78 is 0. The van der Waals surface area contributed by atoms with E-state index in [0.29, 0.717) is 11.1 Å². The van der Waals surface area contributed by atoms with Crippen LogP contribution in [-0.2, 0) is 0 Å². The lowest BCUT2D eigenvalue weighted by molar-refractivity contribution is 0.0845. The molecular formula is C34H26N4O6. The predicted octanol–water partition coefficient (Wildman–Crippen LogP) is 4.58. The van der Waals surface area contributed by atoms with Crippen LogP contribution in [0, 0.1) is 0 Å². The summed E-state index contributed by atoms with van der Waals surface area (Å²) in [6.07, 6.45) is 0. The monoisotopic (exact) mass is 586 g/mol. The van der Waals surface area contributed by atoms with Crippen molar-refractivity contribution in [1.82, 2.24) is 21.7 Å². The van der Waals surface area contributed by atoms with E-state index in [1.165, 1.54) is 24.3 Å². The standard InChI is InChI=1S/C34H26N4O6/c39-29-10-3-1-8-27(29)33(43)37-35-31(41)23-16-12-21(13-17-23)25-6-5-7-26(20-25)22-14-18-24(19-15-22)32(42)36-38-34(44)28-9-2-4-11-30(28)40/h1-20,39-40H,(H,35,41)(H,36,42)(H,37,43)(H,38,44). The normalized spacial score (nSPS) is 10.4. The second kappa shape index (κ2) is 13.0. The molecule has 0 aromatic heterocycles. The molecule has 5 aromatic rings. The highest BCUT2D eigenvalue weighted by molar-refractivity contribution is 6.01. The van der Waals surface area contributed by atoms with Gasteiger partial charge in [-0.25, -0.2) is 0 Å². The van der Waals surface area contributed by atoms with Gasteiger partial charge in [0.1, 0.15) is 11.5 Å². The molecule has 0 bridgehead atoms. The topological polar surface area (TPSA) is 157 Å². The smallest absolute Gasteiger partial charge is 0.273 e. The molecule has 0 unspecified atom stereocenters. The first-order valence-electron chi connectivity index (χ1n) is 13.4. The minimum atomic E-state index is -0.644. The van der Waals surface area contributed by atoms with Crippen molar-refractivity contribution in [2.45, 2.75) is 0 Å². The summed E-state index contributed by atoms with van der Waals surface area (Å²) in [5.74, 6) is -2.71. The van der Waals surface area contributed by atoms with Crippen molar-refractivity contribution in [2.75, 3.05) is 0 Å². The number of rotatable bonds is 6. The van der Waals surface area contributed by atoms with Gasteiger partial charge in [0.15, 0.2) is 0 Å². The Labute approximate surface area is 251 Å². The second-order valence-electron chi connectivity index (χ2n) is 9.59. The Morgan fingerprint density at radius 2 is 0.750 bits per heavy atom. The number of nitrogens with one attached hydrogen (secondary N) is 4. The summed E-state index contributed by atoms with van der Waals surface area (Å²) in [4.78, 5) is 49.5. The van der Waals surface area contributed by atoms with Crippen molar-refractivity contribution in [3.63, 3.8) is 0 Å². The number of amides is 4. The third-order valence-corrected chi connectivity index (χ3v) is 6.70. The van der Waals surface area contributed by atoms with Gasteiger partial charge in [-0.05, 0) is 76.9 Å². The van der Waals surface area contributed by atoms with Gasteiger partial charge in [-0.15, -0.1) is 0 Å². The summed E-state index contributed by atoms with van der Waals surface area (Å²) in [7, 11) is 0. The van der Waals surface area contributed by atoms with Gasteiger partial charge in [0.2, 0.25) is 0 Å². The molecule has 0 aliphatic rings. The lowest BCUT2D eigenvalue weighted by Crippen LogP contribution is -2.41. The van der Waals surface area contributed by atoms with Gasteiger partial charge >= 0.3 is 0 Å². The highest BCUT2D eigenvalue weighted by Crippen LogP contribution is 2.27. The number of benzene rings is 5. The molecule has 10 heteroatoms. The zero-order valence-electron chi connectivity index (χ0n) is 23.1. The molecule has 0 aliphatic heterocycles. The first-order chi connectivity index (χ1) is 21.3. The summed E-state index contributed by atoms with van der Waals surface area (Å²) in [5, 5.41) is 19.6. The van der Waals surface area contributed by atoms with Crippen molar-refractivity contribution in [3.8, 4) is 33.8 Å². The molecule has 5 rings (SSSR count). The van der Waals surface area contributed by atoms with E-state index in [9.17, 15) is 29.4 Å². The zero-order valence-corrected chi connectivity index (χ0v) is 23.1. The Bertz CT molecular complexity index is 1720. The van der Waals surface area contributed by atoms with Gasteiger partial charge in [-0.1, -0.05) is 66.7 Å². The van der Waals surface area contributed by atoms with E-state index in [1.807, 2.05) is 24.3 Å². The molecule has 44 heavy (non-hydrogen) atoms. The van der Waals surface area contributed by atoms with Crippen LogP contribution < -0.4 is 21.7 Å². The first-order valence-corrected chi connectivity index (χ1v) is 13.4. The molecular weight excluding hydrogens is 560 g/mol. The highest BCUT2D eigenvalue weighted by Gasteiger charge is 2.14. The van der Waals surface area contributed by atoms with Crippen molar-refractivity contribution in [2.24, 2.45) is 0 Å². The molecule has 0 saturated heterocycles. The lowest BCUT2D eigenvalue weighted by atomic mass is 9.98. The molecule has 0 spiro atoms. The lowest BCUT2D eigenvalue weighted by Gasteiger charge is -2.10. The van der Waals surface area contributed by atoms with E-state index in [-0.39, 0.29) is 22.6 Å². The van der Waals surface area contributed by atoms with Crippen LogP contribution in [0.2, 0.25) is 0 Å². The fraction of sp³-hybridized carbons (Fsp3) is 0. The third kappa shape index (κ3) is 6.72. The SMILES string of the molecule is O=C(NNC(=O)c1ccccc1O)c1ccc(-c2cccc(-c3ccc(C(=O)NNC(=O)c4ccccc4O)cc3)c2)cc1. The Morgan fingerprint density at radius 1 is 0.386 bits per heavy atom. The van der Waals surface area contributed by atoms with E-state index >= 15 is 0 Å². The number of phenols is 2. The highest BCUT2D eigenvalue weighted by atomic mass is 16.3. The fourth-order valence-corrected chi connectivity index (χ4v) is 4.34. The quantitative estimate of drug-likeness (QED) is 0.160. The van der Waals surface area contributed by atoms with E-state index in [2.05, 4.69) is 21.7 Å². The van der Waals surface area contributed by atoms with Crippen molar-refractivity contribution in [3.05, 3.63) is 144 Å². The molecule has 5 aromatic carbocycles. The molecule has 0 heterocycles. The maximum absolute atomic E-state index is 12.5. The number of aromatic hydroxyl groups is 2. The van der Waals surface area contributed by atoms with E-state index in [0.717, 1.165) is 22.3 Å². The van der Waals surface area contributed by atoms with Crippen LogP contribution in [0.1, 0.15) is 41.4 Å². The largest absolute Gasteiger partial charge is 0.507 e. The maximum Gasteiger partial charge on any atom is 0.273 e. The van der Waals surface area contributed by atoms with Crippen LogP contribution in [0.25, 0.3) is 22.3 Å². The molecule has 6 N–H and O–H groups in total. The predicted molar refractivity (Wildman–Crippen MR) is 163 cm³/mol. The fourth-order valence-electron chi connectivity index (χ4n) is 4.34. The molecule has 4 amide bonds. The second-order valence-corrected chi connectivity index (χ2v) is 9.59. The zero-order chi connectivity index (χ0) is 31.1. The number of phenolic OH excluding ortho intramolecular Hbond substituents is 2. The molecule has 0 atom stereocenters. The summed E-state index contributed by atoms with van der Waals surface area (Å²) >= 11 is 0. The van der Waals surface area contributed by atoms with Crippen molar-refractivity contribution >= 4 is 23.6 Å². The molecule has 0 saturated carbocycles. The van der Waals surface area contributed by atoms with Crippen LogP contribution >= 0.6 is 0 Å². The van der Waals surface area contributed by atoms with Crippen LogP contribution in [0.5, 0.6) is 11.5 Å². The van der Waals surface area contributed by atoms with Gasteiger partial charge in [-0.2, -0.15) is 0 Å². The number of carbonyl (C=O) groups is 4. The van der Waals surface area contributed by atoms with Crippen LogP contribution in [-0.4, -0.2) is 33.8 Å². The number of hydrogen-bond acceptors (Lipinski definition) is 6. The molecule has 218 valence electrons. The first kappa shape index (κ1) is 29.1. The average Bonchev–Trinajstić information content (AvgIpc) is 3.06. The molecule has 10 nitrogen and oxygen atoms in total. The third-order valence-electron chi connectivity index (χ3n) is 6.70. The van der Waals surface area contributed by atoms with Crippen LogP contribution in [0.3, 0.4) is 0 Å². The van der Waals surface area contributed by atoms with Gasteiger partial charge in [0, 0.05) is 11.1 Å². The number of carbonyl (C=O) groups excluding carboxylic acids is 4. The summed E-state index contributed by atoms with van der Waals surface area (Å²) in [5.41, 5.74) is 13.5. The average molecular weight is 587 g/mol. The van der Waals surface area contributed by atoms with E-state index in [4.69, 9.17) is 0 Å². The molecule has 0 fully saturated rings. The Hall–Kier alpha value is -6.42. The minimum absolute atomic E-state index is 0.0372.